The molecule has 4 heteroatoms. The predicted octanol–water partition coefficient (Wildman–Crippen LogP) is -2.15. The van der Waals surface area contributed by atoms with Crippen LogP contribution in [0.5, 0.6) is 0 Å². The lowest BCUT2D eigenvalue weighted by Crippen LogP contribution is -2.50. The van der Waals surface area contributed by atoms with E-state index in [1.807, 2.05) is 0 Å². The number of hydrogen-bond donors (Lipinski definition) is 2. The SMILES string of the molecule is O=C([O-])C1CC(O)CCN1. The van der Waals surface area contributed by atoms with Gasteiger partial charge in [-0.1, -0.05) is 0 Å². The number of carbonyl (C=O) groups excluding carboxylic acids is 1. The minimum Gasteiger partial charge on any atom is -0.548 e. The van der Waals surface area contributed by atoms with Crippen molar-refractivity contribution < 1.29 is 15.0 Å². The van der Waals surface area contributed by atoms with E-state index in [0.29, 0.717) is 13.0 Å². The van der Waals surface area contributed by atoms with E-state index in [1.165, 1.54) is 0 Å². The number of piperidine rings is 1. The van der Waals surface area contributed by atoms with Crippen molar-refractivity contribution in [2.75, 3.05) is 6.54 Å². The Kier molecular flexibility index (Phi) is 2.24. The van der Waals surface area contributed by atoms with Crippen LogP contribution in [0.15, 0.2) is 0 Å². The van der Waals surface area contributed by atoms with Gasteiger partial charge in [0.15, 0.2) is 0 Å². The van der Waals surface area contributed by atoms with Crippen molar-refractivity contribution in [2.24, 2.45) is 0 Å². The van der Waals surface area contributed by atoms with E-state index < -0.39 is 18.1 Å². The van der Waals surface area contributed by atoms with E-state index in [-0.39, 0.29) is 6.42 Å². The van der Waals surface area contributed by atoms with Crippen molar-refractivity contribution in [1.82, 2.24) is 5.32 Å². The van der Waals surface area contributed by atoms with Crippen LogP contribution in [-0.2, 0) is 4.79 Å². The monoisotopic (exact) mass is 144 g/mol. The number of aliphatic hydroxyl groups is 1. The second-order valence-corrected chi connectivity index (χ2v) is 2.50. The largest absolute Gasteiger partial charge is 0.548 e. The molecule has 0 radical (unpaired) electrons. The Balaban J connectivity index is 2.39. The van der Waals surface area contributed by atoms with Gasteiger partial charge in [0, 0.05) is 6.04 Å². The first-order chi connectivity index (χ1) is 4.70. The highest BCUT2D eigenvalue weighted by Gasteiger charge is 2.19. The smallest absolute Gasteiger partial charge is 0.0585 e. The summed E-state index contributed by atoms with van der Waals surface area (Å²) in [5.41, 5.74) is 0. The van der Waals surface area contributed by atoms with Gasteiger partial charge in [0.2, 0.25) is 0 Å². The molecule has 10 heavy (non-hydrogen) atoms. The number of rotatable bonds is 1. The van der Waals surface area contributed by atoms with Gasteiger partial charge in [0.05, 0.1) is 12.1 Å². The molecule has 0 aromatic rings. The Labute approximate surface area is 58.9 Å². The number of aliphatic hydroxyl groups excluding tert-OH is 1. The van der Waals surface area contributed by atoms with Gasteiger partial charge in [-0.2, -0.15) is 0 Å². The number of nitrogens with one attached hydrogen (secondary N) is 1. The summed E-state index contributed by atoms with van der Waals surface area (Å²) in [5, 5.41) is 21.9. The fraction of sp³-hybridized carbons (Fsp3) is 0.833. The van der Waals surface area contributed by atoms with Gasteiger partial charge in [-0.05, 0) is 19.4 Å². The summed E-state index contributed by atoms with van der Waals surface area (Å²) in [7, 11) is 0. The Morgan fingerprint density at radius 2 is 2.40 bits per heavy atom. The summed E-state index contributed by atoms with van der Waals surface area (Å²) >= 11 is 0. The van der Waals surface area contributed by atoms with Crippen LogP contribution in [0.3, 0.4) is 0 Å². The standard InChI is InChI=1S/C6H11NO3/c8-4-1-2-7-5(3-4)6(9)10/h4-5,7-8H,1-3H2,(H,9,10)/p-1. The van der Waals surface area contributed by atoms with Crippen molar-refractivity contribution in [3.05, 3.63) is 0 Å². The Morgan fingerprint density at radius 1 is 1.70 bits per heavy atom. The third-order valence-electron chi connectivity index (χ3n) is 1.66. The van der Waals surface area contributed by atoms with Gasteiger partial charge in [-0.15, -0.1) is 0 Å². The van der Waals surface area contributed by atoms with E-state index >= 15 is 0 Å². The highest BCUT2D eigenvalue weighted by molar-refractivity contribution is 5.71. The maximum absolute atomic E-state index is 10.2. The second-order valence-electron chi connectivity index (χ2n) is 2.50. The van der Waals surface area contributed by atoms with Crippen LogP contribution in [0.25, 0.3) is 0 Å². The van der Waals surface area contributed by atoms with Gasteiger partial charge >= 0.3 is 0 Å². The topological polar surface area (TPSA) is 72.4 Å². The second kappa shape index (κ2) is 2.98. The first kappa shape index (κ1) is 7.50. The molecule has 1 fully saturated rings. The molecule has 0 aromatic carbocycles. The zero-order valence-corrected chi connectivity index (χ0v) is 5.54. The van der Waals surface area contributed by atoms with Gasteiger partial charge in [-0.25, -0.2) is 0 Å². The molecule has 1 rings (SSSR count). The van der Waals surface area contributed by atoms with E-state index in [1.54, 1.807) is 0 Å². The molecule has 4 nitrogen and oxygen atoms in total. The molecule has 1 aliphatic rings. The number of carboxylic acid groups (broad SMARTS) is 1. The molecule has 58 valence electrons. The van der Waals surface area contributed by atoms with Crippen LogP contribution in [0.1, 0.15) is 12.8 Å². The van der Waals surface area contributed by atoms with Crippen LogP contribution in [0.2, 0.25) is 0 Å². The molecule has 0 aromatic heterocycles. The zero-order valence-electron chi connectivity index (χ0n) is 5.54. The Bertz CT molecular complexity index is 137. The van der Waals surface area contributed by atoms with E-state index in [2.05, 4.69) is 5.32 Å². The van der Waals surface area contributed by atoms with Crippen molar-refractivity contribution in [2.45, 2.75) is 25.0 Å². The molecule has 0 amide bonds. The highest BCUT2D eigenvalue weighted by Crippen LogP contribution is 2.06. The lowest BCUT2D eigenvalue weighted by molar-refractivity contribution is -0.309. The average Bonchev–Trinajstić information content (AvgIpc) is 1.88. The van der Waals surface area contributed by atoms with Crippen molar-refractivity contribution >= 4 is 5.97 Å². The quantitative estimate of drug-likeness (QED) is 0.440. The van der Waals surface area contributed by atoms with Gasteiger partial charge < -0.3 is 20.3 Å². The molecular formula is C6H10NO3-. The van der Waals surface area contributed by atoms with E-state index in [4.69, 9.17) is 5.11 Å². The summed E-state index contributed by atoms with van der Waals surface area (Å²) < 4.78 is 0. The molecule has 0 spiro atoms. The predicted molar refractivity (Wildman–Crippen MR) is 32.0 cm³/mol. The molecule has 1 saturated heterocycles. The van der Waals surface area contributed by atoms with Crippen LogP contribution in [0.4, 0.5) is 0 Å². The summed E-state index contributed by atoms with van der Waals surface area (Å²) in [5.74, 6) is -1.13. The lowest BCUT2D eigenvalue weighted by Gasteiger charge is -2.27. The number of aliphatic carboxylic acids is 1. The fourth-order valence-electron chi connectivity index (χ4n) is 1.08. The number of hydrogen-bond acceptors (Lipinski definition) is 4. The van der Waals surface area contributed by atoms with Crippen LogP contribution in [-0.4, -0.2) is 29.8 Å². The summed E-state index contributed by atoms with van der Waals surface area (Å²) in [6.45, 7) is 0.555. The maximum Gasteiger partial charge on any atom is 0.0585 e. The summed E-state index contributed by atoms with van der Waals surface area (Å²) in [4.78, 5) is 10.2. The molecule has 0 saturated carbocycles. The third kappa shape index (κ3) is 1.68. The summed E-state index contributed by atoms with van der Waals surface area (Å²) in [6, 6.07) is -0.663. The minimum atomic E-state index is -1.13. The maximum atomic E-state index is 10.2. The molecular weight excluding hydrogens is 134 g/mol. The zero-order chi connectivity index (χ0) is 7.56. The van der Waals surface area contributed by atoms with Crippen LogP contribution < -0.4 is 10.4 Å². The van der Waals surface area contributed by atoms with Gasteiger partial charge in [-0.3, -0.25) is 0 Å². The Morgan fingerprint density at radius 3 is 2.80 bits per heavy atom. The molecule has 2 atom stereocenters. The van der Waals surface area contributed by atoms with Crippen molar-refractivity contribution in [1.29, 1.82) is 0 Å². The Hall–Kier alpha value is -0.610. The van der Waals surface area contributed by atoms with E-state index in [0.717, 1.165) is 0 Å². The molecule has 1 aliphatic heterocycles. The van der Waals surface area contributed by atoms with E-state index in [9.17, 15) is 9.90 Å². The molecule has 2 unspecified atom stereocenters. The van der Waals surface area contributed by atoms with Crippen LogP contribution >= 0.6 is 0 Å². The first-order valence-corrected chi connectivity index (χ1v) is 3.32. The average molecular weight is 144 g/mol. The molecule has 1 heterocycles. The molecule has 2 N–H and O–H groups in total. The normalized spacial score (nSPS) is 33.7. The lowest BCUT2D eigenvalue weighted by atomic mass is 10.0. The fourth-order valence-corrected chi connectivity index (χ4v) is 1.08. The van der Waals surface area contributed by atoms with Crippen molar-refractivity contribution in [3.63, 3.8) is 0 Å². The number of carbonyl (C=O) groups is 1. The molecule has 0 bridgehead atoms. The van der Waals surface area contributed by atoms with Crippen LogP contribution in [0, 0.1) is 0 Å². The van der Waals surface area contributed by atoms with Gasteiger partial charge in [0.25, 0.3) is 0 Å². The summed E-state index contributed by atoms with van der Waals surface area (Å²) in [6.07, 6.45) is 0.413. The minimum absolute atomic E-state index is 0.266. The first-order valence-electron chi connectivity index (χ1n) is 3.32. The number of carboxylic acids is 1. The highest BCUT2D eigenvalue weighted by atomic mass is 16.4. The van der Waals surface area contributed by atoms with Crippen molar-refractivity contribution in [3.8, 4) is 0 Å². The third-order valence-corrected chi connectivity index (χ3v) is 1.66. The molecule has 0 aliphatic carbocycles. The van der Waals surface area contributed by atoms with Gasteiger partial charge in [0.1, 0.15) is 0 Å².